The highest BCUT2D eigenvalue weighted by molar-refractivity contribution is 7.26. The number of hydrogen-bond acceptors (Lipinski definition) is 3. The molecule has 294 valence electrons. The normalized spacial score (nSPS) is 20.4. The van der Waals surface area contributed by atoms with Crippen molar-refractivity contribution in [2.24, 2.45) is 0 Å². The molecule has 6 aromatic carbocycles. The highest BCUT2D eigenvalue weighted by Crippen LogP contribution is 2.62. The zero-order valence-electron chi connectivity index (χ0n) is 36.3. The van der Waals surface area contributed by atoms with Gasteiger partial charge >= 0.3 is 0 Å². The Morgan fingerprint density at radius 2 is 1.25 bits per heavy atom. The Morgan fingerprint density at radius 3 is 1.97 bits per heavy atom. The van der Waals surface area contributed by atoms with Crippen molar-refractivity contribution in [3.63, 3.8) is 0 Å². The van der Waals surface area contributed by atoms with Crippen molar-refractivity contribution >= 4 is 72.3 Å². The van der Waals surface area contributed by atoms with E-state index in [4.69, 9.17) is 0 Å². The molecule has 4 heteroatoms. The summed E-state index contributed by atoms with van der Waals surface area (Å²) in [5, 5.41) is 2.75. The lowest BCUT2D eigenvalue weighted by Crippen LogP contribution is -2.64. The van der Waals surface area contributed by atoms with E-state index in [1.165, 1.54) is 119 Å². The van der Waals surface area contributed by atoms with E-state index in [-0.39, 0.29) is 28.5 Å². The number of anilines is 5. The summed E-state index contributed by atoms with van der Waals surface area (Å²) in [6, 6.07) is 47.2. The number of fused-ring (bicyclic) bond motifs is 9. The van der Waals surface area contributed by atoms with Crippen LogP contribution in [0.15, 0.2) is 121 Å². The van der Waals surface area contributed by atoms with E-state index in [0.29, 0.717) is 0 Å². The molecule has 0 radical (unpaired) electrons. The van der Waals surface area contributed by atoms with Gasteiger partial charge in [-0.05, 0) is 135 Å². The van der Waals surface area contributed by atoms with Crippen LogP contribution in [0.5, 0.6) is 0 Å². The monoisotopic (exact) mass is 786 g/mol. The van der Waals surface area contributed by atoms with Crippen molar-refractivity contribution in [3.05, 3.63) is 144 Å². The molecule has 1 aromatic heterocycles. The molecule has 1 saturated carbocycles. The predicted molar refractivity (Wildman–Crippen MR) is 257 cm³/mol. The first-order valence-corrected chi connectivity index (χ1v) is 22.7. The van der Waals surface area contributed by atoms with Gasteiger partial charge < -0.3 is 9.80 Å². The minimum absolute atomic E-state index is 0.0133. The fraction of sp³-hybridized carbons (Fsp3) is 0.309. The Hall–Kier alpha value is -5.06. The van der Waals surface area contributed by atoms with Crippen LogP contribution in [-0.4, -0.2) is 12.3 Å². The molecule has 0 spiro atoms. The molecular formula is C55H55BN2S. The third kappa shape index (κ3) is 5.18. The maximum Gasteiger partial charge on any atom is 0.254 e. The molecule has 2 nitrogen and oxygen atoms in total. The zero-order valence-corrected chi connectivity index (χ0v) is 37.1. The fourth-order valence-electron chi connectivity index (χ4n) is 11.5. The van der Waals surface area contributed by atoms with Crippen LogP contribution in [-0.2, 0) is 16.2 Å². The summed E-state index contributed by atoms with van der Waals surface area (Å²) in [6.45, 7) is 21.7. The van der Waals surface area contributed by atoms with Gasteiger partial charge in [-0.1, -0.05) is 146 Å². The highest BCUT2D eigenvalue weighted by Gasteiger charge is 2.61. The van der Waals surface area contributed by atoms with Crippen LogP contribution in [0.25, 0.3) is 32.3 Å². The number of aryl methyl sites for hydroxylation is 1. The molecule has 1 fully saturated rings. The van der Waals surface area contributed by atoms with Crippen LogP contribution in [0, 0.1) is 6.92 Å². The third-order valence-electron chi connectivity index (χ3n) is 15.0. The lowest BCUT2D eigenvalue weighted by molar-refractivity contribution is 0.195. The summed E-state index contributed by atoms with van der Waals surface area (Å²) in [6.07, 6.45) is 4.92. The molecule has 0 N–H and O–H groups in total. The van der Waals surface area contributed by atoms with Gasteiger partial charge in [0.1, 0.15) is 0 Å². The third-order valence-corrected chi connectivity index (χ3v) is 16.1. The van der Waals surface area contributed by atoms with Crippen molar-refractivity contribution in [1.82, 2.24) is 0 Å². The van der Waals surface area contributed by atoms with Crippen molar-refractivity contribution in [2.75, 3.05) is 9.80 Å². The van der Waals surface area contributed by atoms with Crippen LogP contribution < -0.4 is 26.2 Å². The quantitative estimate of drug-likeness (QED) is 0.165. The maximum atomic E-state index is 2.88. The average Bonchev–Trinajstić information content (AvgIpc) is 3.69. The van der Waals surface area contributed by atoms with Crippen LogP contribution in [0.1, 0.15) is 103 Å². The second kappa shape index (κ2) is 12.5. The van der Waals surface area contributed by atoms with E-state index in [0.717, 1.165) is 0 Å². The number of thiophene rings is 1. The Labute approximate surface area is 356 Å². The summed E-state index contributed by atoms with van der Waals surface area (Å²) < 4.78 is 1.36. The van der Waals surface area contributed by atoms with E-state index in [9.17, 15) is 0 Å². The summed E-state index contributed by atoms with van der Waals surface area (Å²) in [4.78, 5) is 5.58. The van der Waals surface area contributed by atoms with E-state index >= 15 is 0 Å². The molecule has 3 aliphatic heterocycles. The average molecular weight is 787 g/mol. The van der Waals surface area contributed by atoms with Gasteiger partial charge in [0, 0.05) is 32.7 Å². The molecule has 0 saturated heterocycles. The van der Waals surface area contributed by atoms with E-state index in [1.54, 1.807) is 5.56 Å². The van der Waals surface area contributed by atoms with Crippen molar-refractivity contribution in [3.8, 4) is 22.3 Å². The molecule has 7 aromatic rings. The number of rotatable bonds is 3. The predicted octanol–water partition coefficient (Wildman–Crippen LogP) is 13.5. The molecule has 2 atom stereocenters. The molecule has 2 unspecified atom stereocenters. The Bertz CT molecular complexity index is 2860. The molecule has 0 amide bonds. The van der Waals surface area contributed by atoms with Gasteiger partial charge in [0.15, 0.2) is 0 Å². The molecule has 59 heavy (non-hydrogen) atoms. The molecule has 4 aliphatic rings. The van der Waals surface area contributed by atoms with Crippen LogP contribution >= 0.6 is 11.3 Å². The van der Waals surface area contributed by atoms with Crippen molar-refractivity contribution in [2.45, 2.75) is 110 Å². The van der Waals surface area contributed by atoms with Gasteiger partial charge in [-0.15, -0.1) is 11.3 Å². The first-order chi connectivity index (χ1) is 28.2. The van der Waals surface area contributed by atoms with Gasteiger partial charge in [-0.25, -0.2) is 0 Å². The van der Waals surface area contributed by atoms with E-state index in [1.807, 2.05) is 11.3 Å². The second-order valence-electron chi connectivity index (χ2n) is 20.6. The van der Waals surface area contributed by atoms with Crippen LogP contribution in [0.2, 0.25) is 0 Å². The maximum absolute atomic E-state index is 2.88. The molecule has 11 rings (SSSR count). The Kier molecular flexibility index (Phi) is 7.83. The molecule has 1 aliphatic carbocycles. The van der Waals surface area contributed by atoms with Gasteiger partial charge in [-0.3, -0.25) is 0 Å². The summed E-state index contributed by atoms with van der Waals surface area (Å²) in [5.41, 5.74) is 20.7. The van der Waals surface area contributed by atoms with Gasteiger partial charge in [0.2, 0.25) is 0 Å². The number of hydrogen-bond donors (Lipinski definition) is 0. The smallest absolute Gasteiger partial charge is 0.254 e. The minimum atomic E-state index is -0.0467. The van der Waals surface area contributed by atoms with Gasteiger partial charge in [0.05, 0.1) is 16.2 Å². The van der Waals surface area contributed by atoms with Crippen molar-refractivity contribution < 1.29 is 0 Å². The van der Waals surface area contributed by atoms with E-state index in [2.05, 4.69) is 193 Å². The molecule has 0 bridgehead atoms. The lowest BCUT2D eigenvalue weighted by atomic mass is 9.33. The first kappa shape index (κ1) is 37.0. The highest BCUT2D eigenvalue weighted by atomic mass is 32.1. The summed E-state index contributed by atoms with van der Waals surface area (Å²) in [7, 11) is 0. The largest absolute Gasteiger partial charge is 0.335 e. The zero-order chi connectivity index (χ0) is 40.8. The molecule has 4 heterocycles. The van der Waals surface area contributed by atoms with Gasteiger partial charge in [-0.2, -0.15) is 0 Å². The second-order valence-corrected chi connectivity index (χ2v) is 21.6. The summed E-state index contributed by atoms with van der Waals surface area (Å²) >= 11 is 1.98. The fourth-order valence-corrected chi connectivity index (χ4v) is 12.8. The first-order valence-electron chi connectivity index (χ1n) is 21.9. The summed E-state index contributed by atoms with van der Waals surface area (Å²) in [5.74, 6) is 0. The number of benzene rings is 6. The number of nitrogens with zero attached hydrogens (tertiary/aromatic N) is 2. The SMILES string of the molecule is Cc1cc2c3c(c1)N1c4c(cc(-c5ccccc5)cc4C4(C)CCCCC14C)B3c1c(sc3ccc(C(C)(C)C)cc13)N2c1ccc(C(C)(C)C)cc1-c1ccccc1. The minimum Gasteiger partial charge on any atom is -0.335 e. The van der Waals surface area contributed by atoms with E-state index < -0.39 is 0 Å². The Balaban J connectivity index is 1.30. The topological polar surface area (TPSA) is 6.48 Å². The van der Waals surface area contributed by atoms with Crippen LogP contribution in [0.3, 0.4) is 0 Å². The Morgan fingerprint density at radius 1 is 0.610 bits per heavy atom. The van der Waals surface area contributed by atoms with Crippen molar-refractivity contribution in [1.29, 1.82) is 0 Å². The van der Waals surface area contributed by atoms with Crippen LogP contribution in [0.4, 0.5) is 27.8 Å². The van der Waals surface area contributed by atoms with Gasteiger partial charge in [0.25, 0.3) is 6.71 Å². The standard InChI is InChI=1S/C55H55BN2S/c1-34-28-45-49-46(29-34)58-50-42(54(8)26-16-17-27-55(54,58)9)30-37(35-18-12-10-13-19-35)31-43(50)56(49)48-41-33-39(53(5,6)7)23-25-47(41)59-51(48)57(45)44-24-22-38(52(2,3)4)32-40(44)36-20-14-11-15-21-36/h10-15,18-25,28-33H,16-17,26-27H2,1-9H3. The molecular weight excluding hydrogens is 731 g/mol. The lowest BCUT2D eigenvalue weighted by Gasteiger charge is -2.52.